The molecule has 1 aromatic carbocycles. The molecule has 1 aromatic rings. The maximum Gasteiger partial charge on any atom is 0.348 e. The van der Waals surface area contributed by atoms with Crippen molar-refractivity contribution in [3.8, 4) is 11.5 Å². The number of ether oxygens (including phenoxy) is 4. The molecule has 1 saturated heterocycles. The highest BCUT2D eigenvalue weighted by molar-refractivity contribution is 5.90. The Morgan fingerprint density at radius 1 is 1.04 bits per heavy atom. The average molecular weight is 692 g/mol. The number of aryl methyl sites for hydroxylation is 1. The lowest BCUT2D eigenvalue weighted by Crippen LogP contribution is -2.71. The van der Waals surface area contributed by atoms with Gasteiger partial charge in [-0.05, 0) is 65.4 Å². The van der Waals surface area contributed by atoms with Gasteiger partial charge >= 0.3 is 29.8 Å². The van der Waals surface area contributed by atoms with Crippen LogP contribution in [0.25, 0.3) is 0 Å². The van der Waals surface area contributed by atoms with Gasteiger partial charge in [0, 0.05) is 24.4 Å². The van der Waals surface area contributed by atoms with Gasteiger partial charge in [-0.2, -0.15) is 0 Å². The highest BCUT2D eigenvalue weighted by Gasteiger charge is 2.69. The molecular weight excluding hydrogens is 650 g/mol. The third-order valence-electron chi connectivity index (χ3n) is 9.74. The van der Waals surface area contributed by atoms with E-state index in [4.69, 9.17) is 24.4 Å². The molecule has 2 heterocycles. The molecular formula is C33H41NO15. The zero-order valence-electron chi connectivity index (χ0n) is 27.7. The number of aromatic hydroxyl groups is 1. The van der Waals surface area contributed by atoms with E-state index in [1.807, 2.05) is 25.8 Å². The molecule has 3 aliphatic rings. The first-order valence-corrected chi connectivity index (χ1v) is 15.7. The standard InChI is InChI=1S/C33H41NO15/c1-15-6-7-20(36)27-26(15)32-10-11-34(5)18(4)33(32,45)9-8-22(28(32)49-27)47-25(40)13-19(12-21(37)16(2)35)31(44)46-17(3)30(43)48-23(29(41)42)14-24(38)39/h6-8,16-19,23,28,35-36,45H,9-14H2,1-5H3,(H,38,39)(H,41,42)/t16-,17-,18+,19-,23-,28-,32-,33+/m0/s1. The van der Waals surface area contributed by atoms with Crippen LogP contribution in [0.15, 0.2) is 24.0 Å². The van der Waals surface area contributed by atoms with Gasteiger partial charge in [-0.25, -0.2) is 9.59 Å². The molecule has 0 radical (unpaired) electrons. The molecule has 49 heavy (non-hydrogen) atoms. The Morgan fingerprint density at radius 2 is 1.71 bits per heavy atom. The molecule has 268 valence electrons. The van der Waals surface area contributed by atoms with E-state index in [9.17, 15) is 44.1 Å². The van der Waals surface area contributed by atoms with Crippen molar-refractivity contribution in [2.75, 3.05) is 13.6 Å². The summed E-state index contributed by atoms with van der Waals surface area (Å²) in [4.78, 5) is 75.7. The minimum Gasteiger partial charge on any atom is -0.504 e. The van der Waals surface area contributed by atoms with E-state index in [2.05, 4.69) is 4.74 Å². The number of likely N-dealkylation sites (N-methyl/N-ethyl adjacent to an activating group) is 1. The number of piperidine rings is 1. The highest BCUT2D eigenvalue weighted by atomic mass is 16.6. The molecule has 16 nitrogen and oxygen atoms in total. The van der Waals surface area contributed by atoms with E-state index in [-0.39, 0.29) is 29.7 Å². The van der Waals surface area contributed by atoms with Crippen molar-refractivity contribution in [1.29, 1.82) is 0 Å². The maximum atomic E-state index is 13.4. The fraction of sp³-hybridized carbons (Fsp3) is 0.576. The number of nitrogens with zero attached hydrogens (tertiary/aromatic N) is 1. The lowest BCUT2D eigenvalue weighted by molar-refractivity contribution is -0.179. The van der Waals surface area contributed by atoms with Crippen LogP contribution in [0.4, 0.5) is 0 Å². The van der Waals surface area contributed by atoms with Crippen molar-refractivity contribution in [2.45, 2.75) is 101 Å². The second-order valence-corrected chi connectivity index (χ2v) is 12.9. The number of ketones is 1. The SMILES string of the molecule is Cc1ccc(O)c2c1[C@]13CCN(C)[C@H](C)[C@]1(O)CC=C(OC(=O)C[C@H](CC(=O)[C@H](C)O)C(=O)O[C@@H](C)C(=O)O[C@@H](CC(=O)O)C(=O)O)[C@@H]3O2. The van der Waals surface area contributed by atoms with E-state index < -0.39 is 96.2 Å². The van der Waals surface area contributed by atoms with E-state index >= 15 is 0 Å². The number of phenols is 1. The van der Waals surface area contributed by atoms with Gasteiger partial charge < -0.3 is 49.4 Å². The Kier molecular flexibility index (Phi) is 10.8. The first-order valence-electron chi connectivity index (χ1n) is 15.7. The summed E-state index contributed by atoms with van der Waals surface area (Å²) in [5, 5.41) is 50.9. The molecule has 0 unspecified atom stereocenters. The van der Waals surface area contributed by atoms with Gasteiger partial charge in [0.05, 0.1) is 29.8 Å². The molecule has 1 fully saturated rings. The second kappa shape index (κ2) is 14.1. The number of Topliss-reactive ketones (excluding diaryl/α,β-unsaturated/α-hetero) is 1. The number of rotatable bonds is 13. The van der Waals surface area contributed by atoms with Crippen molar-refractivity contribution < 1.29 is 73.2 Å². The molecule has 2 aliphatic heterocycles. The Balaban J connectivity index is 1.57. The molecule has 1 aliphatic carbocycles. The number of fused-ring (bicyclic) bond motifs is 1. The number of benzene rings is 1. The third kappa shape index (κ3) is 6.98. The summed E-state index contributed by atoms with van der Waals surface area (Å²) < 4.78 is 21.7. The first kappa shape index (κ1) is 37.3. The summed E-state index contributed by atoms with van der Waals surface area (Å²) in [5.74, 6) is -9.36. The van der Waals surface area contributed by atoms with Crippen LogP contribution in [-0.4, -0.2) is 116 Å². The van der Waals surface area contributed by atoms with Gasteiger partial charge in [-0.1, -0.05) is 6.07 Å². The number of carbonyl (C=O) groups excluding carboxylic acids is 4. The summed E-state index contributed by atoms with van der Waals surface area (Å²) >= 11 is 0. The Hall–Kier alpha value is -4.54. The minimum atomic E-state index is -2.07. The number of likely N-dealkylation sites (tertiary alicyclic amines) is 1. The summed E-state index contributed by atoms with van der Waals surface area (Å²) in [5.41, 5.74) is -1.19. The Labute approximate surface area is 281 Å². The minimum absolute atomic E-state index is 0.0190. The lowest BCUT2D eigenvalue weighted by Gasteiger charge is -2.58. The highest BCUT2D eigenvalue weighted by Crippen LogP contribution is 2.62. The monoisotopic (exact) mass is 691 g/mol. The van der Waals surface area contributed by atoms with Crippen molar-refractivity contribution in [3.63, 3.8) is 0 Å². The third-order valence-corrected chi connectivity index (χ3v) is 9.74. The van der Waals surface area contributed by atoms with Crippen LogP contribution in [0.1, 0.15) is 64.0 Å². The van der Waals surface area contributed by atoms with Crippen molar-refractivity contribution in [1.82, 2.24) is 4.90 Å². The quantitative estimate of drug-likeness (QED) is 0.141. The van der Waals surface area contributed by atoms with E-state index in [0.29, 0.717) is 18.5 Å². The van der Waals surface area contributed by atoms with Crippen molar-refractivity contribution >= 4 is 35.6 Å². The molecule has 0 amide bonds. The van der Waals surface area contributed by atoms with Crippen LogP contribution in [0.3, 0.4) is 0 Å². The van der Waals surface area contributed by atoms with Crippen molar-refractivity contribution in [2.24, 2.45) is 5.92 Å². The number of aliphatic carboxylic acids is 2. The predicted octanol–water partition coefficient (Wildman–Crippen LogP) is 0.734. The average Bonchev–Trinajstić information content (AvgIpc) is 3.39. The topological polar surface area (TPSA) is 244 Å². The predicted molar refractivity (Wildman–Crippen MR) is 164 cm³/mol. The van der Waals surface area contributed by atoms with Crippen LogP contribution in [0.2, 0.25) is 0 Å². The number of hydrogen-bond acceptors (Lipinski definition) is 14. The van der Waals surface area contributed by atoms with Crippen LogP contribution in [0, 0.1) is 12.8 Å². The summed E-state index contributed by atoms with van der Waals surface area (Å²) in [7, 11) is 1.88. The summed E-state index contributed by atoms with van der Waals surface area (Å²) in [6, 6.07) is 2.81. The number of carboxylic acid groups (broad SMARTS) is 2. The fourth-order valence-corrected chi connectivity index (χ4v) is 6.92. The smallest absolute Gasteiger partial charge is 0.348 e. The van der Waals surface area contributed by atoms with E-state index in [1.165, 1.54) is 12.1 Å². The van der Waals surface area contributed by atoms with Gasteiger partial charge in [-0.3, -0.25) is 19.2 Å². The number of hydrogen-bond donors (Lipinski definition) is 5. The number of phenolic OH excluding ortho intramolecular Hbond substituents is 1. The molecule has 5 N–H and O–H groups in total. The Morgan fingerprint density at radius 3 is 2.33 bits per heavy atom. The number of carboxylic acids is 2. The van der Waals surface area contributed by atoms with Gasteiger partial charge in [0.2, 0.25) is 6.10 Å². The van der Waals surface area contributed by atoms with E-state index in [1.54, 1.807) is 6.07 Å². The molecule has 0 saturated carbocycles. The second-order valence-electron chi connectivity index (χ2n) is 12.9. The number of aliphatic hydroxyl groups excluding tert-OH is 1. The summed E-state index contributed by atoms with van der Waals surface area (Å²) in [6.07, 6.45) is -7.01. The molecule has 1 spiro atoms. The molecule has 16 heteroatoms. The largest absolute Gasteiger partial charge is 0.504 e. The number of carbonyl (C=O) groups is 6. The first-order chi connectivity index (χ1) is 22.8. The molecule has 4 rings (SSSR count). The number of aliphatic hydroxyl groups is 2. The van der Waals surface area contributed by atoms with Crippen molar-refractivity contribution in [3.05, 3.63) is 35.1 Å². The maximum absolute atomic E-state index is 13.4. The van der Waals surface area contributed by atoms with Gasteiger partial charge in [0.25, 0.3) is 0 Å². The fourth-order valence-electron chi connectivity index (χ4n) is 6.92. The molecule has 0 aromatic heterocycles. The van der Waals surface area contributed by atoms with Gasteiger partial charge in [-0.15, -0.1) is 0 Å². The van der Waals surface area contributed by atoms with Crippen LogP contribution >= 0.6 is 0 Å². The van der Waals surface area contributed by atoms with Crippen LogP contribution in [-0.2, 0) is 48.4 Å². The normalized spacial score (nSPS) is 26.6. The van der Waals surface area contributed by atoms with E-state index in [0.717, 1.165) is 19.4 Å². The molecule has 8 atom stereocenters. The zero-order valence-corrected chi connectivity index (χ0v) is 27.7. The van der Waals surface area contributed by atoms with Crippen LogP contribution < -0.4 is 4.74 Å². The van der Waals surface area contributed by atoms with Gasteiger partial charge in [0.1, 0.15) is 11.9 Å². The lowest BCUT2D eigenvalue weighted by atomic mass is 9.54. The van der Waals surface area contributed by atoms with Gasteiger partial charge in [0.15, 0.2) is 29.5 Å². The molecule has 0 bridgehead atoms. The Bertz CT molecular complexity index is 1570. The van der Waals surface area contributed by atoms with Crippen LogP contribution in [0.5, 0.6) is 11.5 Å². The zero-order chi connectivity index (χ0) is 36.6. The number of esters is 3. The summed E-state index contributed by atoms with van der Waals surface area (Å²) in [6.45, 7) is 6.42.